The smallest absolute Gasteiger partial charge is 0.336 e. The van der Waals surface area contributed by atoms with Gasteiger partial charge in [-0.2, -0.15) is 0 Å². The molecule has 0 spiro atoms. The highest BCUT2D eigenvalue weighted by Crippen LogP contribution is 2.31. The first-order valence-corrected chi connectivity index (χ1v) is 18.2. The van der Waals surface area contributed by atoms with Gasteiger partial charge in [-0.05, 0) is 92.1 Å². The molecule has 3 aromatic carbocycles. The average Bonchev–Trinajstić information content (AvgIpc) is 3.41. The summed E-state index contributed by atoms with van der Waals surface area (Å²) in [6, 6.07) is 18.7. The molecular weight excluding hydrogens is 621 g/mol. The lowest BCUT2D eigenvalue weighted by atomic mass is 9.95. The van der Waals surface area contributed by atoms with Crippen LogP contribution in [-0.2, 0) is 17.8 Å². The number of carbonyl (C=O) groups excluding carboxylic acids is 2. The number of fused-ring (bicyclic) bond motifs is 1. The first kappa shape index (κ1) is 35.4. The SMILES string of the molecule is CCCc1nc2c(C)cc(C(=O)N[C@@H](CSC(=O)CN3CCCCC3)CC(C)C)cc2n1Cc1ccccc1-c1ccccc1C(=O)O. The Labute approximate surface area is 288 Å². The number of rotatable bonds is 14. The maximum Gasteiger partial charge on any atom is 0.336 e. The van der Waals surface area contributed by atoms with Gasteiger partial charge in [0.05, 0.1) is 23.1 Å². The van der Waals surface area contributed by atoms with Crippen molar-refractivity contribution in [2.24, 2.45) is 5.92 Å². The number of aryl methyl sites for hydroxylation is 2. The highest BCUT2D eigenvalue weighted by molar-refractivity contribution is 8.13. The maximum absolute atomic E-state index is 13.8. The van der Waals surface area contributed by atoms with E-state index in [4.69, 9.17) is 4.98 Å². The number of nitrogens with one attached hydrogen (secondary N) is 1. The molecule has 2 N–H and O–H groups in total. The van der Waals surface area contributed by atoms with Crippen LogP contribution in [0.1, 0.15) is 90.5 Å². The largest absolute Gasteiger partial charge is 0.478 e. The van der Waals surface area contributed by atoms with Gasteiger partial charge in [-0.15, -0.1) is 0 Å². The van der Waals surface area contributed by atoms with Crippen LogP contribution in [0.5, 0.6) is 0 Å². The third-order valence-electron chi connectivity index (χ3n) is 8.99. The predicted octanol–water partition coefficient (Wildman–Crippen LogP) is 7.60. The van der Waals surface area contributed by atoms with E-state index in [9.17, 15) is 19.5 Å². The van der Waals surface area contributed by atoms with Gasteiger partial charge in [0.25, 0.3) is 5.91 Å². The number of carboxylic acid groups (broad SMARTS) is 1. The molecule has 4 aromatic rings. The second kappa shape index (κ2) is 16.4. The van der Waals surface area contributed by atoms with Crippen LogP contribution in [0.4, 0.5) is 0 Å². The molecule has 0 saturated carbocycles. The minimum Gasteiger partial charge on any atom is -0.478 e. The molecule has 1 aliphatic heterocycles. The van der Waals surface area contributed by atoms with Gasteiger partial charge in [0.15, 0.2) is 0 Å². The minimum absolute atomic E-state index is 0.134. The number of aromatic nitrogens is 2. The fraction of sp³-hybridized carbons (Fsp3) is 0.436. The van der Waals surface area contributed by atoms with E-state index in [1.807, 2.05) is 55.5 Å². The fourth-order valence-corrected chi connectivity index (χ4v) is 7.58. The number of imidazole rings is 1. The second-order valence-electron chi connectivity index (χ2n) is 13.4. The number of aromatic carboxylic acids is 1. The zero-order valence-electron chi connectivity index (χ0n) is 28.6. The average molecular weight is 669 g/mol. The summed E-state index contributed by atoms with van der Waals surface area (Å²) in [4.78, 5) is 46.0. The molecule has 1 aromatic heterocycles. The lowest BCUT2D eigenvalue weighted by molar-refractivity contribution is -0.112. The number of hydrogen-bond acceptors (Lipinski definition) is 6. The monoisotopic (exact) mass is 668 g/mol. The van der Waals surface area contributed by atoms with Gasteiger partial charge >= 0.3 is 5.97 Å². The van der Waals surface area contributed by atoms with Gasteiger partial charge < -0.3 is 15.0 Å². The molecule has 2 heterocycles. The Morgan fingerprint density at radius 3 is 2.40 bits per heavy atom. The Bertz CT molecular complexity index is 1760. The molecule has 1 saturated heterocycles. The molecule has 8 nitrogen and oxygen atoms in total. The first-order chi connectivity index (χ1) is 23.1. The first-order valence-electron chi connectivity index (χ1n) is 17.2. The molecule has 1 fully saturated rings. The Morgan fingerprint density at radius 1 is 0.979 bits per heavy atom. The van der Waals surface area contributed by atoms with E-state index in [-0.39, 0.29) is 22.6 Å². The summed E-state index contributed by atoms with van der Waals surface area (Å²) in [6.45, 7) is 11.3. The maximum atomic E-state index is 13.8. The number of nitrogens with zero attached hydrogens (tertiary/aromatic N) is 3. The predicted molar refractivity (Wildman–Crippen MR) is 195 cm³/mol. The summed E-state index contributed by atoms with van der Waals surface area (Å²) < 4.78 is 2.17. The summed E-state index contributed by atoms with van der Waals surface area (Å²) in [5, 5.41) is 13.3. The Hall–Kier alpha value is -3.95. The van der Waals surface area contributed by atoms with Crippen molar-refractivity contribution >= 4 is 39.8 Å². The number of likely N-dealkylation sites (tertiary alicyclic amines) is 1. The van der Waals surface area contributed by atoms with Gasteiger partial charge in [-0.3, -0.25) is 14.5 Å². The number of carbonyl (C=O) groups is 3. The van der Waals surface area contributed by atoms with Crippen LogP contribution in [0.2, 0.25) is 0 Å². The van der Waals surface area contributed by atoms with Crippen LogP contribution in [0.3, 0.4) is 0 Å². The molecule has 48 heavy (non-hydrogen) atoms. The number of carboxylic acids is 1. The summed E-state index contributed by atoms with van der Waals surface area (Å²) >= 11 is 1.33. The molecule has 5 rings (SSSR count). The van der Waals surface area contributed by atoms with Crippen molar-refractivity contribution in [2.45, 2.75) is 78.8 Å². The topological polar surface area (TPSA) is 105 Å². The lowest BCUT2D eigenvalue weighted by Gasteiger charge is -2.26. The van der Waals surface area contributed by atoms with E-state index in [1.165, 1.54) is 18.2 Å². The van der Waals surface area contributed by atoms with Crippen molar-refractivity contribution < 1.29 is 19.5 Å². The van der Waals surface area contributed by atoms with Crippen molar-refractivity contribution in [3.05, 3.63) is 88.7 Å². The number of hydrogen-bond donors (Lipinski definition) is 2. The fourth-order valence-electron chi connectivity index (χ4n) is 6.70. The normalized spacial score (nSPS) is 14.4. The number of thioether (sulfide) groups is 1. The van der Waals surface area contributed by atoms with Gasteiger partial charge in [0.2, 0.25) is 5.12 Å². The number of amides is 1. The minimum atomic E-state index is -0.966. The van der Waals surface area contributed by atoms with Crippen molar-refractivity contribution in [1.82, 2.24) is 19.8 Å². The molecule has 0 radical (unpaired) electrons. The van der Waals surface area contributed by atoms with Crippen molar-refractivity contribution in [3.63, 3.8) is 0 Å². The summed E-state index contributed by atoms with van der Waals surface area (Å²) in [7, 11) is 0. The Kier molecular flexibility index (Phi) is 12.1. The zero-order valence-corrected chi connectivity index (χ0v) is 29.4. The van der Waals surface area contributed by atoms with E-state index in [2.05, 4.69) is 35.6 Å². The molecule has 0 aliphatic carbocycles. The molecule has 1 amide bonds. The van der Waals surface area contributed by atoms with E-state index < -0.39 is 5.97 Å². The molecule has 0 unspecified atom stereocenters. The third-order valence-corrected chi connectivity index (χ3v) is 10.0. The highest BCUT2D eigenvalue weighted by Gasteiger charge is 2.22. The van der Waals surface area contributed by atoms with E-state index >= 15 is 0 Å². The van der Waals surface area contributed by atoms with Gasteiger partial charge in [-0.1, -0.05) is 81.4 Å². The quantitative estimate of drug-likeness (QED) is 0.143. The number of piperidine rings is 1. The summed E-state index contributed by atoms with van der Waals surface area (Å²) in [6.07, 6.45) is 5.99. The van der Waals surface area contributed by atoms with Crippen molar-refractivity contribution in [3.8, 4) is 11.1 Å². The van der Waals surface area contributed by atoms with E-state index in [0.717, 1.165) is 78.7 Å². The van der Waals surface area contributed by atoms with Gasteiger partial charge in [0, 0.05) is 30.3 Å². The van der Waals surface area contributed by atoms with Crippen molar-refractivity contribution in [2.75, 3.05) is 25.4 Å². The lowest BCUT2D eigenvalue weighted by Crippen LogP contribution is -2.39. The van der Waals surface area contributed by atoms with E-state index in [0.29, 0.717) is 35.9 Å². The van der Waals surface area contributed by atoms with Crippen LogP contribution < -0.4 is 5.32 Å². The van der Waals surface area contributed by atoms with Crippen LogP contribution in [-0.4, -0.2) is 68.0 Å². The van der Waals surface area contributed by atoms with Crippen LogP contribution in [0.25, 0.3) is 22.2 Å². The number of benzene rings is 3. The summed E-state index contributed by atoms with van der Waals surface area (Å²) in [5.41, 5.74) is 5.96. The highest BCUT2D eigenvalue weighted by atomic mass is 32.2. The van der Waals surface area contributed by atoms with Crippen LogP contribution in [0.15, 0.2) is 60.7 Å². The molecule has 254 valence electrons. The molecular formula is C39H48N4O4S. The van der Waals surface area contributed by atoms with Crippen LogP contribution >= 0.6 is 11.8 Å². The zero-order chi connectivity index (χ0) is 34.2. The molecule has 1 aliphatic rings. The Balaban J connectivity index is 1.42. The van der Waals surface area contributed by atoms with Crippen molar-refractivity contribution in [1.29, 1.82) is 0 Å². The second-order valence-corrected chi connectivity index (χ2v) is 14.4. The Morgan fingerprint density at radius 2 is 1.69 bits per heavy atom. The van der Waals surface area contributed by atoms with Gasteiger partial charge in [0.1, 0.15) is 5.82 Å². The summed E-state index contributed by atoms with van der Waals surface area (Å²) in [5.74, 6) is 0.713. The third kappa shape index (κ3) is 8.74. The van der Waals surface area contributed by atoms with Gasteiger partial charge in [-0.25, -0.2) is 9.78 Å². The van der Waals surface area contributed by atoms with Crippen LogP contribution in [0, 0.1) is 12.8 Å². The molecule has 9 heteroatoms. The molecule has 0 bridgehead atoms. The van der Waals surface area contributed by atoms with E-state index in [1.54, 1.807) is 12.1 Å². The molecule has 1 atom stereocenters. The standard InChI is InChI=1S/C39H48N4O4S/c1-5-13-35-41-37-27(4)21-29(38(45)40-30(20-26(2)3)25-48-36(44)24-42-18-11-6-12-19-42)22-34(37)43(35)23-28-14-7-8-15-31(28)32-16-9-10-17-33(32)39(46)47/h7-10,14-17,21-22,26,30H,5-6,11-13,18-20,23-25H2,1-4H3,(H,40,45)(H,46,47)/t30-/m1/s1.